The molecule has 0 amide bonds. The second-order valence-electron chi connectivity index (χ2n) is 3.47. The van der Waals surface area contributed by atoms with Gasteiger partial charge in [0.1, 0.15) is 0 Å². The van der Waals surface area contributed by atoms with Crippen LogP contribution in [0.4, 0.5) is 0 Å². The fourth-order valence-electron chi connectivity index (χ4n) is 1.07. The molecule has 0 aliphatic heterocycles. The van der Waals surface area contributed by atoms with Crippen molar-refractivity contribution in [2.75, 3.05) is 6.26 Å². The highest BCUT2D eigenvalue weighted by atomic mass is 33.1. The van der Waals surface area contributed by atoms with E-state index >= 15 is 0 Å². The van der Waals surface area contributed by atoms with Crippen LogP contribution in [0.3, 0.4) is 0 Å². The second-order valence-corrected chi connectivity index (χ2v) is 6.57. The van der Waals surface area contributed by atoms with Crippen LogP contribution < -0.4 is 0 Å². The lowest BCUT2D eigenvalue weighted by Gasteiger charge is -2.21. The smallest absolute Gasteiger partial charge is 0.0207 e. The maximum Gasteiger partial charge on any atom is 0.0207 e. The van der Waals surface area contributed by atoms with Crippen LogP contribution >= 0.6 is 21.6 Å². The van der Waals surface area contributed by atoms with Crippen LogP contribution in [-0.2, 0) is 0 Å². The first-order chi connectivity index (χ1) is 5.12. The molecule has 0 nitrogen and oxygen atoms in total. The lowest BCUT2D eigenvalue weighted by Crippen LogP contribution is -2.12. The Morgan fingerprint density at radius 1 is 1.18 bits per heavy atom. The first kappa shape index (κ1) is 11.7. The molecular formula is C9H20S2. The summed E-state index contributed by atoms with van der Waals surface area (Å²) in [6.07, 6.45) is 7.62. The van der Waals surface area contributed by atoms with E-state index in [9.17, 15) is 0 Å². The number of rotatable bonds is 6. The highest BCUT2D eigenvalue weighted by molar-refractivity contribution is 8.76. The monoisotopic (exact) mass is 192 g/mol. The molecule has 0 saturated heterocycles. The molecule has 68 valence electrons. The Morgan fingerprint density at radius 3 is 2.27 bits per heavy atom. The summed E-state index contributed by atoms with van der Waals surface area (Å²) in [5.74, 6) is 0. The first-order valence-electron chi connectivity index (χ1n) is 4.34. The molecule has 0 unspecified atom stereocenters. The van der Waals surface area contributed by atoms with Crippen LogP contribution in [-0.4, -0.2) is 11.0 Å². The molecule has 0 aromatic rings. The van der Waals surface area contributed by atoms with Crippen LogP contribution in [0.5, 0.6) is 0 Å². The molecular weight excluding hydrogens is 172 g/mol. The number of hydrogen-bond acceptors (Lipinski definition) is 2. The third-order valence-electron chi connectivity index (χ3n) is 1.69. The Labute approximate surface area is 79.3 Å². The van der Waals surface area contributed by atoms with Gasteiger partial charge < -0.3 is 0 Å². The van der Waals surface area contributed by atoms with Crippen molar-refractivity contribution >= 4 is 21.6 Å². The van der Waals surface area contributed by atoms with Crippen molar-refractivity contribution in [1.82, 2.24) is 0 Å². The molecule has 0 aliphatic carbocycles. The predicted molar refractivity (Wildman–Crippen MR) is 59.3 cm³/mol. The van der Waals surface area contributed by atoms with Crippen molar-refractivity contribution in [2.45, 2.75) is 51.2 Å². The summed E-state index contributed by atoms with van der Waals surface area (Å²) >= 11 is 0. The summed E-state index contributed by atoms with van der Waals surface area (Å²) in [6, 6.07) is 0. The Hall–Kier alpha value is 0.700. The Kier molecular flexibility index (Phi) is 6.64. The van der Waals surface area contributed by atoms with Crippen molar-refractivity contribution in [3.8, 4) is 0 Å². The summed E-state index contributed by atoms with van der Waals surface area (Å²) in [5.41, 5.74) is 0. The average molecular weight is 192 g/mol. The van der Waals surface area contributed by atoms with Gasteiger partial charge in [-0.05, 0) is 26.5 Å². The highest BCUT2D eigenvalue weighted by Crippen LogP contribution is 2.37. The fourth-order valence-corrected chi connectivity index (χ4v) is 3.35. The first-order valence-corrected chi connectivity index (χ1v) is 6.90. The number of unbranched alkanes of at least 4 members (excludes halogenated alkanes) is 2. The molecule has 0 aliphatic rings. The van der Waals surface area contributed by atoms with Gasteiger partial charge in [-0.2, -0.15) is 0 Å². The maximum absolute atomic E-state index is 2.34. The molecule has 0 bridgehead atoms. The predicted octanol–water partition coefficient (Wildman–Crippen LogP) is 4.36. The lowest BCUT2D eigenvalue weighted by molar-refractivity contribution is 0.575. The van der Waals surface area contributed by atoms with Crippen molar-refractivity contribution < 1.29 is 0 Å². The molecule has 0 radical (unpaired) electrons. The van der Waals surface area contributed by atoms with Gasteiger partial charge in [-0.25, -0.2) is 0 Å². The van der Waals surface area contributed by atoms with Crippen molar-refractivity contribution in [1.29, 1.82) is 0 Å². The molecule has 0 spiro atoms. The molecule has 0 aromatic carbocycles. The molecule has 0 heterocycles. The minimum Gasteiger partial charge on any atom is -0.0971 e. The van der Waals surface area contributed by atoms with Gasteiger partial charge in [0, 0.05) is 4.75 Å². The SMILES string of the molecule is CCCCCC(C)(C)SSC. The van der Waals surface area contributed by atoms with Crippen molar-refractivity contribution in [2.24, 2.45) is 0 Å². The molecule has 0 saturated carbocycles. The van der Waals surface area contributed by atoms with Gasteiger partial charge in [0.2, 0.25) is 0 Å². The van der Waals surface area contributed by atoms with Crippen LogP contribution in [0.1, 0.15) is 46.5 Å². The molecule has 0 N–H and O–H groups in total. The fraction of sp³-hybridized carbons (Fsp3) is 1.00. The Bertz CT molecular complexity index is 89.6. The van der Waals surface area contributed by atoms with Gasteiger partial charge >= 0.3 is 0 Å². The van der Waals surface area contributed by atoms with Gasteiger partial charge in [-0.15, -0.1) is 0 Å². The highest BCUT2D eigenvalue weighted by Gasteiger charge is 2.16. The normalized spacial score (nSPS) is 12.0. The van der Waals surface area contributed by atoms with E-state index in [2.05, 4.69) is 27.0 Å². The number of hydrogen-bond donors (Lipinski definition) is 0. The molecule has 0 atom stereocenters. The zero-order valence-corrected chi connectivity index (χ0v) is 9.78. The van der Waals surface area contributed by atoms with E-state index in [1.165, 1.54) is 25.7 Å². The summed E-state index contributed by atoms with van der Waals surface area (Å²) in [5, 5.41) is 0. The largest absolute Gasteiger partial charge is 0.0971 e. The average Bonchev–Trinajstić information content (AvgIpc) is 1.87. The van der Waals surface area contributed by atoms with Gasteiger partial charge in [-0.1, -0.05) is 47.8 Å². The quantitative estimate of drug-likeness (QED) is 0.453. The summed E-state index contributed by atoms with van der Waals surface area (Å²) in [6.45, 7) is 6.93. The van der Waals surface area contributed by atoms with E-state index in [-0.39, 0.29) is 0 Å². The maximum atomic E-state index is 2.34. The lowest BCUT2D eigenvalue weighted by atomic mass is 10.0. The minimum absolute atomic E-state index is 0.481. The molecule has 0 fully saturated rings. The van der Waals surface area contributed by atoms with E-state index in [0.29, 0.717) is 4.75 Å². The Morgan fingerprint density at radius 2 is 1.82 bits per heavy atom. The van der Waals surface area contributed by atoms with Gasteiger partial charge in [0.15, 0.2) is 0 Å². The zero-order chi connectivity index (χ0) is 8.74. The van der Waals surface area contributed by atoms with Crippen molar-refractivity contribution in [3.05, 3.63) is 0 Å². The standard InChI is InChI=1S/C9H20S2/c1-5-6-7-8-9(2,3)11-10-4/h5-8H2,1-4H3. The van der Waals surface area contributed by atoms with E-state index in [1.807, 2.05) is 21.6 Å². The summed E-state index contributed by atoms with van der Waals surface area (Å²) < 4.78 is 0.481. The van der Waals surface area contributed by atoms with E-state index < -0.39 is 0 Å². The van der Waals surface area contributed by atoms with Crippen LogP contribution in [0.15, 0.2) is 0 Å². The van der Waals surface area contributed by atoms with Gasteiger partial charge in [-0.3, -0.25) is 0 Å². The summed E-state index contributed by atoms with van der Waals surface area (Å²) in [7, 11) is 3.88. The van der Waals surface area contributed by atoms with Crippen LogP contribution in [0.2, 0.25) is 0 Å². The van der Waals surface area contributed by atoms with Crippen molar-refractivity contribution in [3.63, 3.8) is 0 Å². The molecule has 11 heavy (non-hydrogen) atoms. The minimum atomic E-state index is 0.481. The Balaban J connectivity index is 3.38. The summed E-state index contributed by atoms with van der Waals surface area (Å²) in [4.78, 5) is 0. The zero-order valence-electron chi connectivity index (χ0n) is 8.14. The van der Waals surface area contributed by atoms with E-state index in [0.717, 1.165) is 0 Å². The topological polar surface area (TPSA) is 0 Å². The molecule has 0 rings (SSSR count). The molecule has 2 heteroatoms. The van der Waals surface area contributed by atoms with Crippen LogP contribution in [0, 0.1) is 0 Å². The van der Waals surface area contributed by atoms with Crippen LogP contribution in [0.25, 0.3) is 0 Å². The third-order valence-corrected chi connectivity index (χ3v) is 4.37. The van der Waals surface area contributed by atoms with Gasteiger partial charge in [0.25, 0.3) is 0 Å². The second kappa shape index (κ2) is 6.24. The van der Waals surface area contributed by atoms with Gasteiger partial charge in [0.05, 0.1) is 0 Å². The molecule has 0 aromatic heterocycles. The van der Waals surface area contributed by atoms with E-state index in [4.69, 9.17) is 0 Å². The third kappa shape index (κ3) is 7.07. The van der Waals surface area contributed by atoms with E-state index in [1.54, 1.807) is 0 Å².